The van der Waals surface area contributed by atoms with Crippen molar-refractivity contribution in [3.05, 3.63) is 24.3 Å². The molecule has 2 unspecified atom stereocenters. The molecule has 2 aliphatic carbocycles. The summed E-state index contributed by atoms with van der Waals surface area (Å²) in [4.78, 5) is 2.69. The fourth-order valence-corrected chi connectivity index (χ4v) is 5.60. The number of rotatable bonds is 5. The van der Waals surface area contributed by atoms with Gasteiger partial charge in [0.1, 0.15) is 0 Å². The molecular formula is C22H35N3O. The summed E-state index contributed by atoms with van der Waals surface area (Å²) in [6.07, 6.45) is 11.2. The third kappa shape index (κ3) is 4.17. The van der Waals surface area contributed by atoms with Crippen LogP contribution in [-0.2, 0) is 4.74 Å². The molecule has 4 heteroatoms. The number of hydrogen-bond acceptors (Lipinski definition) is 4. The molecular weight excluding hydrogens is 322 g/mol. The number of benzene rings is 1. The van der Waals surface area contributed by atoms with Crippen LogP contribution in [0.2, 0.25) is 0 Å². The Bertz CT molecular complexity index is 579. The molecule has 144 valence electrons. The number of ether oxygens (including phenoxy) is 1. The van der Waals surface area contributed by atoms with Gasteiger partial charge in [0.25, 0.3) is 0 Å². The van der Waals surface area contributed by atoms with E-state index in [1.807, 2.05) is 18.2 Å². The molecule has 3 aliphatic rings. The second-order valence-corrected chi connectivity index (χ2v) is 8.91. The van der Waals surface area contributed by atoms with E-state index in [1.165, 1.54) is 44.9 Å². The molecule has 4 rings (SSSR count). The summed E-state index contributed by atoms with van der Waals surface area (Å²) in [5, 5.41) is 3.60. The van der Waals surface area contributed by atoms with E-state index in [4.69, 9.17) is 10.5 Å². The minimum Gasteiger partial charge on any atom is -0.397 e. The first-order chi connectivity index (χ1) is 12.7. The van der Waals surface area contributed by atoms with Gasteiger partial charge in [-0.3, -0.25) is 4.90 Å². The van der Waals surface area contributed by atoms with Crippen molar-refractivity contribution in [3.63, 3.8) is 0 Å². The average Bonchev–Trinajstić information content (AvgIpc) is 3.01. The van der Waals surface area contributed by atoms with Gasteiger partial charge in [-0.05, 0) is 56.6 Å². The van der Waals surface area contributed by atoms with Crippen molar-refractivity contribution in [3.8, 4) is 0 Å². The zero-order valence-electron chi connectivity index (χ0n) is 16.2. The predicted octanol–water partition coefficient (Wildman–Crippen LogP) is 4.48. The number of anilines is 2. The van der Waals surface area contributed by atoms with Gasteiger partial charge in [0.2, 0.25) is 0 Å². The Morgan fingerprint density at radius 3 is 2.62 bits per heavy atom. The number of fused-ring (bicyclic) bond motifs is 2. The minimum atomic E-state index is 0.389. The SMILES string of the molecule is C[C@@H](C[C@@H]1COCN1C1CC2CCCCC(C2)C1)Nc1ccccc1N. The maximum absolute atomic E-state index is 6.09. The van der Waals surface area contributed by atoms with E-state index >= 15 is 0 Å². The fraction of sp³-hybridized carbons (Fsp3) is 0.727. The van der Waals surface area contributed by atoms with Gasteiger partial charge in [0.15, 0.2) is 0 Å². The van der Waals surface area contributed by atoms with E-state index < -0.39 is 0 Å². The summed E-state index contributed by atoms with van der Waals surface area (Å²) >= 11 is 0. The highest BCUT2D eigenvalue weighted by Gasteiger charge is 2.38. The number of para-hydroxylation sites is 2. The molecule has 4 atom stereocenters. The Balaban J connectivity index is 1.36. The summed E-state index contributed by atoms with van der Waals surface area (Å²) < 4.78 is 5.92. The summed E-state index contributed by atoms with van der Waals surface area (Å²) in [6, 6.07) is 9.72. The number of nitrogen functional groups attached to an aromatic ring is 1. The first-order valence-electron chi connectivity index (χ1n) is 10.6. The van der Waals surface area contributed by atoms with Crippen molar-refractivity contribution in [1.82, 2.24) is 4.90 Å². The summed E-state index contributed by atoms with van der Waals surface area (Å²) in [6.45, 7) is 3.97. The van der Waals surface area contributed by atoms with Crippen LogP contribution in [0.4, 0.5) is 11.4 Å². The Morgan fingerprint density at radius 1 is 1.15 bits per heavy atom. The highest BCUT2D eigenvalue weighted by atomic mass is 16.5. The van der Waals surface area contributed by atoms with Gasteiger partial charge < -0.3 is 15.8 Å². The van der Waals surface area contributed by atoms with Gasteiger partial charge in [0.05, 0.1) is 24.7 Å². The van der Waals surface area contributed by atoms with E-state index in [0.29, 0.717) is 12.1 Å². The lowest BCUT2D eigenvalue weighted by atomic mass is 9.77. The largest absolute Gasteiger partial charge is 0.397 e. The molecule has 0 spiro atoms. The smallest absolute Gasteiger partial charge is 0.0996 e. The minimum absolute atomic E-state index is 0.389. The second kappa shape index (κ2) is 8.18. The van der Waals surface area contributed by atoms with Crippen molar-refractivity contribution < 1.29 is 4.74 Å². The monoisotopic (exact) mass is 357 g/mol. The van der Waals surface area contributed by atoms with Crippen molar-refractivity contribution >= 4 is 11.4 Å². The van der Waals surface area contributed by atoms with Gasteiger partial charge in [-0.15, -0.1) is 0 Å². The third-order valence-corrected chi connectivity index (χ3v) is 6.83. The Morgan fingerprint density at radius 2 is 1.88 bits per heavy atom. The molecule has 26 heavy (non-hydrogen) atoms. The molecule has 2 saturated carbocycles. The van der Waals surface area contributed by atoms with Crippen LogP contribution >= 0.6 is 0 Å². The zero-order chi connectivity index (χ0) is 17.9. The highest BCUT2D eigenvalue weighted by molar-refractivity contribution is 5.65. The standard InChI is InChI=1S/C22H35N3O/c1-16(24-22-9-5-4-8-21(22)23)10-20-14-26-15-25(20)19-12-17-6-2-3-7-18(11-17)13-19/h4-5,8-9,16-20,24H,2-3,6-7,10-15,23H2,1H3/t16-,17?,18?,19?,20+/m0/s1. The number of nitrogens with zero attached hydrogens (tertiary/aromatic N) is 1. The van der Waals surface area contributed by atoms with Gasteiger partial charge in [-0.1, -0.05) is 37.8 Å². The normalized spacial score (nSPS) is 33.6. The molecule has 0 radical (unpaired) electrons. The molecule has 0 aromatic heterocycles. The number of nitrogens with one attached hydrogen (secondary N) is 1. The fourth-order valence-electron chi connectivity index (χ4n) is 5.60. The van der Waals surface area contributed by atoms with Crippen LogP contribution in [0.5, 0.6) is 0 Å². The summed E-state index contributed by atoms with van der Waals surface area (Å²) in [5.74, 6) is 1.92. The van der Waals surface area contributed by atoms with Crippen molar-refractivity contribution in [2.24, 2.45) is 11.8 Å². The molecule has 1 heterocycles. The number of hydrogen-bond donors (Lipinski definition) is 2. The molecule has 1 aliphatic heterocycles. The summed E-state index contributed by atoms with van der Waals surface area (Å²) in [5.41, 5.74) is 7.97. The molecule has 1 aromatic carbocycles. The van der Waals surface area contributed by atoms with Crippen LogP contribution in [-0.4, -0.2) is 36.4 Å². The molecule has 2 bridgehead atoms. The average molecular weight is 358 g/mol. The van der Waals surface area contributed by atoms with Gasteiger partial charge >= 0.3 is 0 Å². The van der Waals surface area contributed by atoms with Crippen molar-refractivity contribution in [2.45, 2.75) is 76.4 Å². The van der Waals surface area contributed by atoms with Crippen LogP contribution in [0.3, 0.4) is 0 Å². The molecule has 1 aromatic rings. The first-order valence-corrected chi connectivity index (χ1v) is 10.6. The quantitative estimate of drug-likeness (QED) is 0.763. The Kier molecular flexibility index (Phi) is 5.70. The van der Waals surface area contributed by atoms with Gasteiger partial charge in [-0.2, -0.15) is 0 Å². The van der Waals surface area contributed by atoms with Gasteiger partial charge in [0, 0.05) is 18.1 Å². The van der Waals surface area contributed by atoms with E-state index in [-0.39, 0.29) is 0 Å². The van der Waals surface area contributed by atoms with Crippen LogP contribution in [0, 0.1) is 11.8 Å². The first kappa shape index (κ1) is 18.1. The number of nitrogens with two attached hydrogens (primary N) is 1. The van der Waals surface area contributed by atoms with E-state index in [2.05, 4.69) is 23.2 Å². The molecule has 3 fully saturated rings. The molecule has 4 nitrogen and oxygen atoms in total. The Labute approximate surface area is 158 Å². The van der Waals surface area contributed by atoms with E-state index in [9.17, 15) is 0 Å². The lowest BCUT2D eigenvalue weighted by Gasteiger charge is -2.40. The van der Waals surface area contributed by atoms with Crippen molar-refractivity contribution in [1.29, 1.82) is 0 Å². The molecule has 3 N–H and O–H groups in total. The molecule has 1 saturated heterocycles. The lowest BCUT2D eigenvalue weighted by Crippen LogP contribution is -2.45. The van der Waals surface area contributed by atoms with E-state index in [0.717, 1.165) is 49.0 Å². The van der Waals surface area contributed by atoms with E-state index in [1.54, 1.807) is 0 Å². The molecule has 0 amide bonds. The van der Waals surface area contributed by atoms with Crippen LogP contribution in [0.25, 0.3) is 0 Å². The predicted molar refractivity (Wildman–Crippen MR) is 108 cm³/mol. The van der Waals surface area contributed by atoms with Gasteiger partial charge in [-0.25, -0.2) is 0 Å². The highest BCUT2D eigenvalue weighted by Crippen LogP contribution is 2.41. The topological polar surface area (TPSA) is 50.5 Å². The lowest BCUT2D eigenvalue weighted by molar-refractivity contribution is 0.0563. The second-order valence-electron chi connectivity index (χ2n) is 8.91. The van der Waals surface area contributed by atoms with Crippen LogP contribution in [0.15, 0.2) is 24.3 Å². The zero-order valence-corrected chi connectivity index (χ0v) is 16.2. The maximum atomic E-state index is 6.09. The van der Waals surface area contributed by atoms with Crippen LogP contribution in [0.1, 0.15) is 58.3 Å². The van der Waals surface area contributed by atoms with Crippen molar-refractivity contribution in [2.75, 3.05) is 24.4 Å². The van der Waals surface area contributed by atoms with Crippen LogP contribution < -0.4 is 11.1 Å². The summed E-state index contributed by atoms with van der Waals surface area (Å²) in [7, 11) is 0. The third-order valence-electron chi connectivity index (χ3n) is 6.83. The maximum Gasteiger partial charge on any atom is 0.0996 e. The Hall–Kier alpha value is -1.26.